The van der Waals surface area contributed by atoms with Crippen molar-refractivity contribution in [1.82, 2.24) is 14.9 Å². The van der Waals surface area contributed by atoms with Crippen molar-refractivity contribution in [3.63, 3.8) is 0 Å². The van der Waals surface area contributed by atoms with Gasteiger partial charge in [-0.1, -0.05) is 23.7 Å². The molecule has 23 heavy (non-hydrogen) atoms. The molecule has 1 N–H and O–H groups in total. The van der Waals surface area contributed by atoms with Gasteiger partial charge in [-0.2, -0.15) is 0 Å². The van der Waals surface area contributed by atoms with Gasteiger partial charge in [-0.05, 0) is 42.6 Å². The van der Waals surface area contributed by atoms with Gasteiger partial charge in [-0.15, -0.1) is 11.3 Å². The van der Waals surface area contributed by atoms with Gasteiger partial charge in [0.15, 0.2) is 0 Å². The number of hydrogen-bond donors (Lipinski definition) is 1. The standard InChI is InChI=1S/C17H17ClN4S/c1-22-8-6-14(15(22)11-2-4-12(18)5-3-11)21-16-13-7-9-23-17(13)20-10-19-16/h2-5,7,9-10,14-15H,6,8H2,1H3,(H,19,20,21). The van der Waals surface area contributed by atoms with Crippen molar-refractivity contribution in [1.29, 1.82) is 0 Å². The highest BCUT2D eigenvalue weighted by molar-refractivity contribution is 7.16. The Morgan fingerprint density at radius 1 is 1.22 bits per heavy atom. The van der Waals surface area contributed by atoms with E-state index in [9.17, 15) is 0 Å². The van der Waals surface area contributed by atoms with Crippen LogP contribution in [0.5, 0.6) is 0 Å². The van der Waals surface area contributed by atoms with Gasteiger partial charge in [0.25, 0.3) is 0 Å². The molecule has 3 aromatic rings. The van der Waals surface area contributed by atoms with Gasteiger partial charge >= 0.3 is 0 Å². The molecule has 0 spiro atoms. The number of rotatable bonds is 3. The van der Waals surface area contributed by atoms with Crippen LogP contribution in [0.2, 0.25) is 5.02 Å². The minimum Gasteiger partial charge on any atom is -0.365 e. The topological polar surface area (TPSA) is 41.0 Å². The van der Waals surface area contributed by atoms with E-state index in [-0.39, 0.29) is 0 Å². The molecular formula is C17H17ClN4S. The molecule has 3 heterocycles. The van der Waals surface area contributed by atoms with Crippen LogP contribution in [0.3, 0.4) is 0 Å². The lowest BCUT2D eigenvalue weighted by atomic mass is 10.00. The van der Waals surface area contributed by atoms with Crippen LogP contribution >= 0.6 is 22.9 Å². The Balaban J connectivity index is 1.65. The smallest absolute Gasteiger partial charge is 0.138 e. The monoisotopic (exact) mass is 344 g/mol. The van der Waals surface area contributed by atoms with Gasteiger partial charge in [0, 0.05) is 17.6 Å². The number of likely N-dealkylation sites (N-methyl/N-ethyl adjacent to an activating group) is 1. The highest BCUT2D eigenvalue weighted by Gasteiger charge is 2.33. The molecule has 1 fully saturated rings. The SMILES string of the molecule is CN1CCC(Nc2ncnc3sccc23)C1c1ccc(Cl)cc1. The second-order valence-corrected chi connectivity index (χ2v) is 7.21. The summed E-state index contributed by atoms with van der Waals surface area (Å²) in [7, 11) is 2.17. The third kappa shape index (κ3) is 2.80. The summed E-state index contributed by atoms with van der Waals surface area (Å²) >= 11 is 7.67. The molecule has 1 aliphatic rings. The van der Waals surface area contributed by atoms with Crippen LogP contribution in [0, 0.1) is 0 Å². The first kappa shape index (κ1) is 14.9. The average Bonchev–Trinajstić information content (AvgIpc) is 3.16. The molecule has 4 nitrogen and oxygen atoms in total. The van der Waals surface area contributed by atoms with E-state index in [1.807, 2.05) is 12.1 Å². The Kier molecular flexibility index (Phi) is 3.93. The third-order valence-corrected chi connectivity index (χ3v) is 5.52. The number of aromatic nitrogens is 2. The number of fused-ring (bicyclic) bond motifs is 1. The summed E-state index contributed by atoms with van der Waals surface area (Å²) in [5, 5.41) is 7.57. The quantitative estimate of drug-likeness (QED) is 0.773. The highest BCUT2D eigenvalue weighted by Crippen LogP contribution is 2.34. The maximum Gasteiger partial charge on any atom is 0.138 e. The Labute approximate surface area is 144 Å². The van der Waals surface area contributed by atoms with Gasteiger partial charge in [0.1, 0.15) is 17.0 Å². The minimum atomic E-state index is 0.316. The molecule has 118 valence electrons. The van der Waals surface area contributed by atoms with Gasteiger partial charge in [-0.3, -0.25) is 4.90 Å². The van der Waals surface area contributed by atoms with E-state index in [1.165, 1.54) is 5.56 Å². The summed E-state index contributed by atoms with van der Waals surface area (Å²) in [4.78, 5) is 12.2. The lowest BCUT2D eigenvalue weighted by molar-refractivity contribution is 0.309. The van der Waals surface area contributed by atoms with E-state index < -0.39 is 0 Å². The molecule has 0 radical (unpaired) electrons. The van der Waals surface area contributed by atoms with Crippen molar-refractivity contribution in [3.05, 3.63) is 52.6 Å². The maximum absolute atomic E-state index is 6.03. The summed E-state index contributed by atoms with van der Waals surface area (Å²) < 4.78 is 0. The molecule has 6 heteroatoms. The van der Waals surface area contributed by atoms with E-state index in [0.29, 0.717) is 12.1 Å². The van der Waals surface area contributed by atoms with Crippen molar-refractivity contribution in [2.45, 2.75) is 18.5 Å². The van der Waals surface area contributed by atoms with Crippen LogP contribution in [-0.4, -0.2) is 34.5 Å². The average molecular weight is 345 g/mol. The van der Waals surface area contributed by atoms with Crippen molar-refractivity contribution in [2.75, 3.05) is 18.9 Å². The Morgan fingerprint density at radius 3 is 2.87 bits per heavy atom. The van der Waals surface area contributed by atoms with E-state index in [2.05, 4.69) is 50.8 Å². The Morgan fingerprint density at radius 2 is 2.04 bits per heavy atom. The van der Waals surface area contributed by atoms with Crippen molar-refractivity contribution < 1.29 is 0 Å². The van der Waals surface area contributed by atoms with Crippen LogP contribution in [-0.2, 0) is 0 Å². The number of anilines is 1. The molecule has 0 bridgehead atoms. The zero-order valence-corrected chi connectivity index (χ0v) is 14.3. The van der Waals surface area contributed by atoms with E-state index in [1.54, 1.807) is 17.7 Å². The fraction of sp³-hybridized carbons (Fsp3) is 0.294. The number of hydrogen-bond acceptors (Lipinski definition) is 5. The van der Waals surface area contributed by atoms with Crippen LogP contribution in [0.4, 0.5) is 5.82 Å². The van der Waals surface area contributed by atoms with Gasteiger partial charge in [-0.25, -0.2) is 9.97 Å². The van der Waals surface area contributed by atoms with Crippen LogP contribution in [0.25, 0.3) is 10.2 Å². The number of likely N-dealkylation sites (tertiary alicyclic amines) is 1. The molecule has 2 atom stereocenters. The van der Waals surface area contributed by atoms with Crippen LogP contribution < -0.4 is 5.32 Å². The summed E-state index contributed by atoms with van der Waals surface area (Å²) in [6.45, 7) is 1.06. The Bertz CT molecular complexity index is 817. The van der Waals surface area contributed by atoms with Gasteiger partial charge in [0.2, 0.25) is 0 Å². The number of benzene rings is 1. The normalized spacial score (nSPS) is 21.8. The molecule has 0 saturated carbocycles. The molecule has 1 aromatic carbocycles. The molecule has 2 unspecified atom stereocenters. The zero-order valence-electron chi connectivity index (χ0n) is 12.7. The first-order valence-corrected chi connectivity index (χ1v) is 8.88. The highest BCUT2D eigenvalue weighted by atomic mass is 35.5. The largest absolute Gasteiger partial charge is 0.365 e. The lowest BCUT2D eigenvalue weighted by Crippen LogP contribution is -2.29. The van der Waals surface area contributed by atoms with E-state index in [0.717, 1.165) is 34.0 Å². The van der Waals surface area contributed by atoms with Crippen molar-refractivity contribution in [3.8, 4) is 0 Å². The van der Waals surface area contributed by atoms with Crippen molar-refractivity contribution >= 4 is 39.0 Å². The summed E-state index contributed by atoms with van der Waals surface area (Å²) in [5.74, 6) is 0.926. The third-order valence-electron chi connectivity index (χ3n) is 4.44. The first-order valence-electron chi connectivity index (χ1n) is 7.63. The number of nitrogens with zero attached hydrogens (tertiary/aromatic N) is 3. The first-order chi connectivity index (χ1) is 11.2. The number of halogens is 1. The van der Waals surface area contributed by atoms with E-state index >= 15 is 0 Å². The van der Waals surface area contributed by atoms with Gasteiger partial charge < -0.3 is 5.32 Å². The van der Waals surface area contributed by atoms with Crippen molar-refractivity contribution in [2.24, 2.45) is 0 Å². The molecule has 4 rings (SSSR count). The number of thiophene rings is 1. The second-order valence-electron chi connectivity index (χ2n) is 5.88. The molecule has 2 aromatic heterocycles. The molecule has 1 saturated heterocycles. The predicted octanol–water partition coefficient (Wildman–Crippen LogP) is 4.20. The minimum absolute atomic E-state index is 0.316. The van der Waals surface area contributed by atoms with E-state index in [4.69, 9.17) is 11.6 Å². The molecule has 0 aliphatic carbocycles. The molecule has 1 aliphatic heterocycles. The van der Waals surface area contributed by atoms with Gasteiger partial charge in [0.05, 0.1) is 11.4 Å². The lowest BCUT2D eigenvalue weighted by Gasteiger charge is -2.26. The Hall–Kier alpha value is -1.69. The summed E-state index contributed by atoms with van der Waals surface area (Å²) in [6, 6.07) is 10.9. The van der Waals surface area contributed by atoms with Crippen LogP contribution in [0.1, 0.15) is 18.0 Å². The fourth-order valence-corrected chi connectivity index (χ4v) is 4.18. The second kappa shape index (κ2) is 6.07. The van der Waals surface area contributed by atoms with Crippen LogP contribution in [0.15, 0.2) is 42.0 Å². The summed E-state index contributed by atoms with van der Waals surface area (Å²) in [5.41, 5.74) is 1.28. The summed E-state index contributed by atoms with van der Waals surface area (Å²) in [6.07, 6.45) is 2.72. The predicted molar refractivity (Wildman–Crippen MR) is 96.3 cm³/mol. The number of nitrogens with one attached hydrogen (secondary N) is 1. The zero-order chi connectivity index (χ0) is 15.8. The fourth-order valence-electron chi connectivity index (χ4n) is 3.33. The maximum atomic E-state index is 6.03. The molecule has 0 amide bonds. The molecular weight excluding hydrogens is 328 g/mol.